The third-order valence-electron chi connectivity index (χ3n) is 3.14. The van der Waals surface area contributed by atoms with Crippen LogP contribution in [0.15, 0.2) is 24.3 Å². The number of carboxylic acids is 1. The van der Waals surface area contributed by atoms with E-state index in [1.165, 1.54) is 0 Å². The summed E-state index contributed by atoms with van der Waals surface area (Å²) in [7, 11) is 0. The Morgan fingerprint density at radius 2 is 1.91 bits per heavy atom. The Morgan fingerprint density at radius 3 is 2.45 bits per heavy atom. The number of benzene rings is 1. The summed E-state index contributed by atoms with van der Waals surface area (Å²) in [5.74, 6) is -0.231. The van der Waals surface area contributed by atoms with Gasteiger partial charge in [-0.1, -0.05) is 12.1 Å². The van der Waals surface area contributed by atoms with Crippen molar-refractivity contribution in [2.24, 2.45) is 0 Å². The van der Waals surface area contributed by atoms with E-state index in [2.05, 4.69) is 0 Å². The number of carbonyl (C=O) groups is 2. The molecule has 122 valence electrons. The van der Waals surface area contributed by atoms with Crippen LogP contribution in [0.1, 0.15) is 39.7 Å². The first-order valence-corrected chi connectivity index (χ1v) is 7.56. The summed E-state index contributed by atoms with van der Waals surface area (Å²) in [6.45, 7) is 7.90. The lowest BCUT2D eigenvalue weighted by Gasteiger charge is -2.26. The van der Waals surface area contributed by atoms with Gasteiger partial charge in [0, 0.05) is 12.6 Å². The molecule has 5 nitrogen and oxygen atoms in total. The van der Waals surface area contributed by atoms with Crippen LogP contribution in [-0.2, 0) is 16.0 Å². The summed E-state index contributed by atoms with van der Waals surface area (Å²) in [5.41, 5.74) is 0.865. The van der Waals surface area contributed by atoms with E-state index >= 15 is 0 Å². The molecule has 0 radical (unpaired) electrons. The highest BCUT2D eigenvalue weighted by Gasteiger charge is 2.18. The fraction of sp³-hybridized carbons (Fsp3) is 0.529. The highest BCUT2D eigenvalue weighted by atomic mass is 16.5. The number of nitrogens with zero attached hydrogens (tertiary/aromatic N) is 1. The van der Waals surface area contributed by atoms with Crippen molar-refractivity contribution < 1.29 is 19.4 Å². The maximum Gasteiger partial charge on any atom is 0.305 e. The van der Waals surface area contributed by atoms with Gasteiger partial charge in [-0.15, -0.1) is 0 Å². The van der Waals surface area contributed by atoms with Crippen LogP contribution in [0.4, 0.5) is 0 Å². The number of aliphatic carboxylic acids is 1. The molecule has 5 heteroatoms. The zero-order valence-electron chi connectivity index (χ0n) is 13.7. The molecule has 1 rings (SSSR count). The largest absolute Gasteiger partial charge is 0.491 e. The second-order valence-electron chi connectivity index (χ2n) is 5.82. The second-order valence-corrected chi connectivity index (χ2v) is 5.82. The average molecular weight is 307 g/mol. The molecule has 1 aromatic carbocycles. The van der Waals surface area contributed by atoms with Gasteiger partial charge in [-0.2, -0.15) is 0 Å². The topological polar surface area (TPSA) is 66.8 Å². The lowest BCUT2D eigenvalue weighted by molar-refractivity contribution is -0.139. The molecular weight excluding hydrogens is 282 g/mol. The lowest BCUT2D eigenvalue weighted by atomic mass is 10.1. The molecule has 0 atom stereocenters. The molecule has 0 aliphatic rings. The number of amides is 1. The number of rotatable bonds is 8. The Kier molecular flexibility index (Phi) is 6.89. The molecular formula is C17H25NO4. The van der Waals surface area contributed by atoms with Crippen molar-refractivity contribution in [1.82, 2.24) is 4.90 Å². The summed E-state index contributed by atoms with van der Waals surface area (Å²) in [4.78, 5) is 24.7. The number of carbonyl (C=O) groups excluding carboxylic acids is 1. The van der Waals surface area contributed by atoms with E-state index in [-0.39, 0.29) is 37.4 Å². The minimum Gasteiger partial charge on any atom is -0.491 e. The van der Waals surface area contributed by atoms with Crippen LogP contribution in [-0.4, -0.2) is 40.6 Å². The van der Waals surface area contributed by atoms with Gasteiger partial charge in [0.25, 0.3) is 0 Å². The van der Waals surface area contributed by atoms with Gasteiger partial charge in [-0.25, -0.2) is 0 Å². The van der Waals surface area contributed by atoms with Crippen molar-refractivity contribution in [3.05, 3.63) is 29.8 Å². The Balaban J connectivity index is 2.74. The van der Waals surface area contributed by atoms with Crippen molar-refractivity contribution in [1.29, 1.82) is 0 Å². The Hall–Kier alpha value is -2.04. The van der Waals surface area contributed by atoms with Gasteiger partial charge in [-0.05, 0) is 45.4 Å². The molecule has 0 saturated carbocycles. The summed E-state index contributed by atoms with van der Waals surface area (Å²) in [6.07, 6.45) is 0.279. The third-order valence-corrected chi connectivity index (χ3v) is 3.14. The molecule has 0 unspecified atom stereocenters. The standard InChI is InChI=1S/C17H25NO4/c1-12(2)18(9-8-17(20)21)16(19)11-14-6-5-7-15(10-14)22-13(3)4/h5-7,10,12-13H,8-9,11H2,1-4H3,(H,20,21). The molecule has 1 aromatic rings. The molecule has 0 fully saturated rings. The Labute approximate surface area is 131 Å². The zero-order valence-corrected chi connectivity index (χ0v) is 13.7. The van der Waals surface area contributed by atoms with Crippen LogP contribution in [0.25, 0.3) is 0 Å². The molecule has 0 aliphatic heterocycles. The van der Waals surface area contributed by atoms with Crippen molar-refractivity contribution >= 4 is 11.9 Å². The van der Waals surface area contributed by atoms with Crippen LogP contribution >= 0.6 is 0 Å². The molecule has 1 amide bonds. The molecule has 0 spiro atoms. The number of hydrogen-bond acceptors (Lipinski definition) is 3. The third kappa shape index (κ3) is 6.16. The minimum atomic E-state index is -0.897. The quantitative estimate of drug-likeness (QED) is 0.802. The van der Waals surface area contributed by atoms with Crippen LogP contribution in [0.5, 0.6) is 5.75 Å². The molecule has 0 aliphatic carbocycles. The van der Waals surface area contributed by atoms with E-state index in [4.69, 9.17) is 9.84 Å². The Bertz CT molecular complexity index is 511. The summed E-state index contributed by atoms with van der Waals surface area (Å²) in [6, 6.07) is 7.42. The fourth-order valence-electron chi connectivity index (χ4n) is 2.16. The predicted molar refractivity (Wildman–Crippen MR) is 85.0 cm³/mol. The van der Waals surface area contributed by atoms with Crippen LogP contribution < -0.4 is 4.74 Å². The maximum absolute atomic E-state index is 12.4. The first kappa shape index (κ1) is 18.0. The smallest absolute Gasteiger partial charge is 0.305 e. The van der Waals surface area contributed by atoms with E-state index < -0.39 is 5.97 Å². The SMILES string of the molecule is CC(C)Oc1cccc(CC(=O)N(CCC(=O)O)C(C)C)c1. The molecule has 0 bridgehead atoms. The van der Waals surface area contributed by atoms with Crippen molar-refractivity contribution in [3.63, 3.8) is 0 Å². The molecule has 0 heterocycles. The maximum atomic E-state index is 12.4. The minimum absolute atomic E-state index is 0.0260. The summed E-state index contributed by atoms with van der Waals surface area (Å²) >= 11 is 0. The van der Waals surface area contributed by atoms with Gasteiger partial charge in [0.2, 0.25) is 5.91 Å². The highest BCUT2D eigenvalue weighted by Crippen LogP contribution is 2.16. The van der Waals surface area contributed by atoms with Gasteiger partial charge < -0.3 is 14.7 Å². The van der Waals surface area contributed by atoms with E-state index in [9.17, 15) is 9.59 Å². The molecule has 0 saturated heterocycles. The summed E-state index contributed by atoms with van der Waals surface area (Å²) < 4.78 is 5.62. The predicted octanol–water partition coefficient (Wildman–Crippen LogP) is 2.73. The van der Waals surface area contributed by atoms with Crippen LogP contribution in [0.2, 0.25) is 0 Å². The van der Waals surface area contributed by atoms with Gasteiger partial charge in [0.15, 0.2) is 0 Å². The lowest BCUT2D eigenvalue weighted by Crippen LogP contribution is -2.39. The fourth-order valence-corrected chi connectivity index (χ4v) is 2.16. The number of hydrogen-bond donors (Lipinski definition) is 1. The number of ether oxygens (including phenoxy) is 1. The van der Waals surface area contributed by atoms with E-state index in [1.807, 2.05) is 52.0 Å². The molecule has 22 heavy (non-hydrogen) atoms. The zero-order chi connectivity index (χ0) is 16.7. The van der Waals surface area contributed by atoms with E-state index in [1.54, 1.807) is 4.90 Å². The molecule has 1 N–H and O–H groups in total. The van der Waals surface area contributed by atoms with Crippen molar-refractivity contribution in [2.45, 2.75) is 52.7 Å². The van der Waals surface area contributed by atoms with Gasteiger partial charge in [0.05, 0.1) is 18.9 Å². The van der Waals surface area contributed by atoms with Gasteiger partial charge >= 0.3 is 5.97 Å². The first-order valence-electron chi connectivity index (χ1n) is 7.56. The van der Waals surface area contributed by atoms with Gasteiger partial charge in [-0.3, -0.25) is 9.59 Å². The second kappa shape index (κ2) is 8.41. The van der Waals surface area contributed by atoms with Crippen molar-refractivity contribution in [2.75, 3.05) is 6.54 Å². The van der Waals surface area contributed by atoms with Crippen LogP contribution in [0, 0.1) is 0 Å². The average Bonchev–Trinajstić information content (AvgIpc) is 2.37. The van der Waals surface area contributed by atoms with E-state index in [0.29, 0.717) is 0 Å². The molecule has 0 aromatic heterocycles. The van der Waals surface area contributed by atoms with Crippen LogP contribution in [0.3, 0.4) is 0 Å². The van der Waals surface area contributed by atoms with E-state index in [0.717, 1.165) is 11.3 Å². The van der Waals surface area contributed by atoms with Crippen molar-refractivity contribution in [3.8, 4) is 5.75 Å². The highest BCUT2D eigenvalue weighted by molar-refractivity contribution is 5.79. The summed E-state index contributed by atoms with van der Waals surface area (Å²) in [5, 5.41) is 8.78. The van der Waals surface area contributed by atoms with Gasteiger partial charge in [0.1, 0.15) is 5.75 Å². The monoisotopic (exact) mass is 307 g/mol. The number of carboxylic acid groups (broad SMARTS) is 1. The first-order chi connectivity index (χ1) is 10.3. The Morgan fingerprint density at radius 1 is 1.23 bits per heavy atom. The normalized spacial score (nSPS) is 10.8.